The molecule has 0 saturated carbocycles. The molecular formula is C13H18F3N3O3. The summed E-state index contributed by atoms with van der Waals surface area (Å²) in [5, 5.41) is 6.10. The number of nitrogens with zero attached hydrogens (tertiary/aromatic N) is 2. The molecule has 1 atom stereocenters. The lowest BCUT2D eigenvalue weighted by atomic mass is 9.99. The van der Waals surface area contributed by atoms with E-state index in [1.54, 1.807) is 20.9 Å². The first-order valence-corrected chi connectivity index (χ1v) is 6.75. The lowest BCUT2D eigenvalue weighted by molar-refractivity contribution is -0.155. The number of ether oxygens (including phenoxy) is 1. The molecule has 1 fully saturated rings. The van der Waals surface area contributed by atoms with Gasteiger partial charge in [-0.1, -0.05) is 5.16 Å². The van der Waals surface area contributed by atoms with Crippen molar-refractivity contribution in [3.05, 3.63) is 17.5 Å². The summed E-state index contributed by atoms with van der Waals surface area (Å²) in [6.07, 6.45) is -4.61. The molecule has 0 unspecified atom stereocenters. The number of nitrogens with one attached hydrogen (secondary N) is 1. The standard InChI is InChI=1S/C13H18F3N3O3/c1-12(2,9-6-10(22-18-9)13(14,15)16)17-11(20)8-7-21-5-4-19(8)3/h6,8H,4-5,7H2,1-3H3,(H,17,20)/t8-/m0/s1. The fourth-order valence-corrected chi connectivity index (χ4v) is 2.12. The van der Waals surface area contributed by atoms with Crippen molar-refractivity contribution in [1.29, 1.82) is 0 Å². The molecule has 1 aliphatic rings. The number of likely N-dealkylation sites (N-methyl/N-ethyl adjacent to an activating group) is 1. The molecule has 1 aromatic heterocycles. The minimum atomic E-state index is -4.61. The molecule has 0 aromatic carbocycles. The summed E-state index contributed by atoms with van der Waals surface area (Å²) < 4.78 is 47.2. The molecule has 0 spiro atoms. The van der Waals surface area contributed by atoms with Crippen molar-refractivity contribution in [2.24, 2.45) is 0 Å². The normalized spacial score (nSPS) is 20.9. The highest BCUT2D eigenvalue weighted by Crippen LogP contribution is 2.32. The fourth-order valence-electron chi connectivity index (χ4n) is 2.12. The third kappa shape index (κ3) is 3.58. The zero-order valence-corrected chi connectivity index (χ0v) is 12.5. The number of hydrogen-bond donors (Lipinski definition) is 1. The van der Waals surface area contributed by atoms with E-state index in [0.29, 0.717) is 13.2 Å². The Kier molecular flexibility index (Phi) is 4.48. The molecule has 1 N–H and O–H groups in total. The Hall–Kier alpha value is -1.61. The summed E-state index contributed by atoms with van der Waals surface area (Å²) in [4.78, 5) is 14.1. The molecule has 9 heteroatoms. The molecule has 0 aliphatic carbocycles. The lowest BCUT2D eigenvalue weighted by Crippen LogP contribution is -2.55. The third-order valence-corrected chi connectivity index (χ3v) is 3.56. The van der Waals surface area contributed by atoms with Gasteiger partial charge in [0.2, 0.25) is 11.7 Å². The summed E-state index contributed by atoms with van der Waals surface area (Å²) in [6.45, 7) is 4.52. The molecule has 124 valence electrons. The quantitative estimate of drug-likeness (QED) is 0.911. The summed E-state index contributed by atoms with van der Waals surface area (Å²) in [5.74, 6) is -1.52. The molecule has 1 aliphatic heterocycles. The molecule has 2 heterocycles. The maximum atomic E-state index is 12.5. The largest absolute Gasteiger partial charge is 0.452 e. The predicted molar refractivity (Wildman–Crippen MR) is 69.9 cm³/mol. The Balaban J connectivity index is 2.10. The molecule has 6 nitrogen and oxygen atoms in total. The van der Waals surface area contributed by atoms with Crippen LogP contribution in [0.1, 0.15) is 25.3 Å². The minimum Gasteiger partial charge on any atom is -0.378 e. The molecular weight excluding hydrogens is 303 g/mol. The molecule has 2 rings (SSSR count). The maximum Gasteiger partial charge on any atom is 0.452 e. The fraction of sp³-hybridized carbons (Fsp3) is 0.692. The summed E-state index contributed by atoms with van der Waals surface area (Å²) in [6, 6.07) is 0.309. The van der Waals surface area contributed by atoms with Gasteiger partial charge in [0.25, 0.3) is 0 Å². The molecule has 1 aromatic rings. The van der Waals surface area contributed by atoms with Crippen molar-refractivity contribution in [2.45, 2.75) is 31.6 Å². The highest BCUT2D eigenvalue weighted by molar-refractivity contribution is 5.82. The predicted octanol–water partition coefficient (Wildman–Crippen LogP) is 1.38. The van der Waals surface area contributed by atoms with Crippen LogP contribution in [0.5, 0.6) is 0 Å². The van der Waals surface area contributed by atoms with Gasteiger partial charge in [-0.25, -0.2) is 0 Å². The van der Waals surface area contributed by atoms with E-state index >= 15 is 0 Å². The minimum absolute atomic E-state index is 0.00700. The zero-order chi connectivity index (χ0) is 16.5. The molecule has 1 amide bonds. The Labute approximate surface area is 125 Å². The number of morpholine rings is 1. The Morgan fingerprint density at radius 2 is 2.14 bits per heavy atom. The van der Waals surface area contributed by atoms with E-state index in [1.165, 1.54) is 0 Å². The average Bonchev–Trinajstić information content (AvgIpc) is 2.88. The van der Waals surface area contributed by atoms with Gasteiger partial charge in [0.05, 0.1) is 18.8 Å². The molecule has 0 bridgehead atoms. The molecule has 1 saturated heterocycles. The van der Waals surface area contributed by atoms with Crippen molar-refractivity contribution in [1.82, 2.24) is 15.4 Å². The van der Waals surface area contributed by atoms with Crippen LogP contribution in [0.15, 0.2) is 10.6 Å². The van der Waals surface area contributed by atoms with Crippen molar-refractivity contribution >= 4 is 5.91 Å². The van der Waals surface area contributed by atoms with Gasteiger partial charge in [0.15, 0.2) is 0 Å². The first kappa shape index (κ1) is 16.8. The van der Waals surface area contributed by atoms with Crippen LogP contribution in [-0.2, 0) is 21.2 Å². The number of halogens is 3. The van der Waals surface area contributed by atoms with Crippen molar-refractivity contribution in [3.63, 3.8) is 0 Å². The van der Waals surface area contributed by atoms with E-state index in [0.717, 1.165) is 6.07 Å². The van der Waals surface area contributed by atoms with Crippen LogP contribution in [0.2, 0.25) is 0 Å². The zero-order valence-electron chi connectivity index (χ0n) is 12.5. The van der Waals surface area contributed by atoms with E-state index in [4.69, 9.17) is 4.74 Å². The van der Waals surface area contributed by atoms with Crippen molar-refractivity contribution in [3.8, 4) is 0 Å². The van der Waals surface area contributed by atoms with E-state index < -0.39 is 23.5 Å². The average molecular weight is 321 g/mol. The monoisotopic (exact) mass is 321 g/mol. The van der Waals surface area contributed by atoms with Crippen molar-refractivity contribution in [2.75, 3.05) is 26.8 Å². The van der Waals surface area contributed by atoms with Gasteiger partial charge in [-0.3, -0.25) is 9.69 Å². The van der Waals surface area contributed by atoms with Gasteiger partial charge in [0, 0.05) is 12.6 Å². The van der Waals surface area contributed by atoms with Crippen LogP contribution in [-0.4, -0.2) is 48.8 Å². The second-order valence-corrected chi connectivity index (χ2v) is 5.76. The van der Waals surface area contributed by atoms with Gasteiger partial charge >= 0.3 is 6.18 Å². The number of hydrogen-bond acceptors (Lipinski definition) is 5. The van der Waals surface area contributed by atoms with Crippen LogP contribution in [0.3, 0.4) is 0 Å². The summed E-state index contributed by atoms with van der Waals surface area (Å²) in [7, 11) is 1.79. The highest BCUT2D eigenvalue weighted by Gasteiger charge is 2.39. The molecule has 0 radical (unpaired) electrons. The topological polar surface area (TPSA) is 67.6 Å². The van der Waals surface area contributed by atoms with Crippen LogP contribution in [0.25, 0.3) is 0 Å². The summed E-state index contributed by atoms with van der Waals surface area (Å²) >= 11 is 0. The first-order chi connectivity index (χ1) is 10.1. The van der Waals surface area contributed by atoms with Crippen LogP contribution in [0.4, 0.5) is 13.2 Å². The smallest absolute Gasteiger partial charge is 0.378 e. The van der Waals surface area contributed by atoms with E-state index in [2.05, 4.69) is 15.0 Å². The third-order valence-electron chi connectivity index (χ3n) is 3.56. The SMILES string of the molecule is CN1CCOC[C@H]1C(=O)NC(C)(C)c1cc(C(F)(F)F)on1. The second kappa shape index (κ2) is 5.88. The Bertz CT molecular complexity index is 542. The highest BCUT2D eigenvalue weighted by atomic mass is 19.4. The number of aromatic nitrogens is 1. The van der Waals surface area contributed by atoms with E-state index in [9.17, 15) is 18.0 Å². The Morgan fingerprint density at radius 3 is 2.68 bits per heavy atom. The van der Waals surface area contributed by atoms with E-state index in [1.807, 2.05) is 4.90 Å². The van der Waals surface area contributed by atoms with Gasteiger partial charge < -0.3 is 14.6 Å². The number of amides is 1. The van der Waals surface area contributed by atoms with Crippen LogP contribution >= 0.6 is 0 Å². The molecule has 22 heavy (non-hydrogen) atoms. The van der Waals surface area contributed by atoms with Crippen molar-refractivity contribution < 1.29 is 27.2 Å². The summed E-state index contributed by atoms with van der Waals surface area (Å²) in [5.41, 5.74) is -1.09. The van der Waals surface area contributed by atoms with Crippen LogP contribution < -0.4 is 5.32 Å². The number of alkyl halides is 3. The lowest BCUT2D eigenvalue weighted by Gasteiger charge is -2.34. The number of carbonyl (C=O) groups is 1. The second-order valence-electron chi connectivity index (χ2n) is 5.76. The maximum absolute atomic E-state index is 12.5. The van der Waals surface area contributed by atoms with Gasteiger partial charge in [0.1, 0.15) is 11.7 Å². The van der Waals surface area contributed by atoms with E-state index in [-0.39, 0.29) is 18.2 Å². The Morgan fingerprint density at radius 1 is 1.45 bits per heavy atom. The first-order valence-electron chi connectivity index (χ1n) is 6.75. The van der Waals surface area contributed by atoms with Gasteiger partial charge in [-0.05, 0) is 20.9 Å². The number of rotatable bonds is 3. The number of carbonyl (C=O) groups excluding carboxylic acids is 1. The van der Waals surface area contributed by atoms with Crippen LogP contribution in [0, 0.1) is 0 Å². The van der Waals surface area contributed by atoms with Gasteiger partial charge in [-0.2, -0.15) is 13.2 Å². The van der Waals surface area contributed by atoms with Gasteiger partial charge in [-0.15, -0.1) is 0 Å².